The van der Waals surface area contributed by atoms with Crippen molar-refractivity contribution in [3.8, 4) is 11.3 Å². The van der Waals surface area contributed by atoms with Gasteiger partial charge in [0.2, 0.25) is 5.91 Å². The monoisotopic (exact) mass is 406 g/mol. The molecule has 2 aromatic heterocycles. The summed E-state index contributed by atoms with van der Waals surface area (Å²) in [5, 5.41) is 3.96. The third kappa shape index (κ3) is 4.07. The van der Waals surface area contributed by atoms with E-state index in [1.165, 1.54) is 7.11 Å². The third-order valence-electron chi connectivity index (χ3n) is 6.00. The van der Waals surface area contributed by atoms with Crippen LogP contribution in [0, 0.1) is 11.8 Å². The average molecular weight is 406 g/mol. The van der Waals surface area contributed by atoms with Gasteiger partial charge in [-0.15, -0.1) is 0 Å². The zero-order valence-electron chi connectivity index (χ0n) is 16.9. The SMILES string of the molecule is COC(=O)C(N)C1CCC(C(=O)Nc2ccnc3[nH]c(-c4ccccc4)cc23)CC1. The molecule has 0 spiro atoms. The minimum absolute atomic E-state index is 0.00458. The van der Waals surface area contributed by atoms with Crippen LogP contribution in [0.15, 0.2) is 48.7 Å². The molecule has 0 aliphatic heterocycles. The second-order valence-electron chi connectivity index (χ2n) is 7.82. The number of aromatic nitrogens is 2. The lowest BCUT2D eigenvalue weighted by Crippen LogP contribution is -2.41. The van der Waals surface area contributed by atoms with E-state index in [0.29, 0.717) is 12.8 Å². The summed E-state index contributed by atoms with van der Waals surface area (Å²) in [4.78, 5) is 32.3. The van der Waals surface area contributed by atoms with Crippen LogP contribution in [0.2, 0.25) is 0 Å². The molecule has 156 valence electrons. The van der Waals surface area contributed by atoms with Crippen LogP contribution in [0.25, 0.3) is 22.3 Å². The first-order chi connectivity index (χ1) is 14.6. The number of nitrogens with one attached hydrogen (secondary N) is 2. The van der Waals surface area contributed by atoms with Gasteiger partial charge in [0.1, 0.15) is 11.7 Å². The molecule has 0 radical (unpaired) electrons. The lowest BCUT2D eigenvalue weighted by molar-refractivity contribution is -0.143. The number of amides is 1. The summed E-state index contributed by atoms with van der Waals surface area (Å²) >= 11 is 0. The number of benzene rings is 1. The smallest absolute Gasteiger partial charge is 0.322 e. The van der Waals surface area contributed by atoms with Crippen molar-refractivity contribution in [2.24, 2.45) is 17.6 Å². The standard InChI is InChI=1S/C23H26N4O3/c1-30-23(29)20(24)15-7-9-16(10-8-15)22(28)27-18-11-12-25-21-17(18)13-19(26-21)14-5-3-2-4-6-14/h2-6,11-13,15-16,20H,7-10,24H2,1H3,(H2,25,26,27,28). The van der Waals surface area contributed by atoms with Gasteiger partial charge in [-0.3, -0.25) is 9.59 Å². The number of nitrogens with zero attached hydrogens (tertiary/aromatic N) is 1. The number of H-pyrrole nitrogens is 1. The van der Waals surface area contributed by atoms with E-state index >= 15 is 0 Å². The molecule has 1 aliphatic carbocycles. The van der Waals surface area contributed by atoms with Crippen LogP contribution < -0.4 is 11.1 Å². The van der Waals surface area contributed by atoms with Gasteiger partial charge >= 0.3 is 5.97 Å². The number of aromatic amines is 1. The summed E-state index contributed by atoms with van der Waals surface area (Å²) in [5.41, 5.74) is 9.48. The average Bonchev–Trinajstić information content (AvgIpc) is 3.24. The largest absolute Gasteiger partial charge is 0.468 e. The zero-order chi connectivity index (χ0) is 21.1. The van der Waals surface area contributed by atoms with E-state index < -0.39 is 6.04 Å². The molecule has 0 saturated heterocycles. The van der Waals surface area contributed by atoms with Crippen LogP contribution in [-0.2, 0) is 14.3 Å². The van der Waals surface area contributed by atoms with Gasteiger partial charge in [-0.05, 0) is 49.3 Å². The third-order valence-corrected chi connectivity index (χ3v) is 6.00. The van der Waals surface area contributed by atoms with E-state index in [9.17, 15) is 9.59 Å². The van der Waals surface area contributed by atoms with Crippen molar-refractivity contribution in [1.29, 1.82) is 0 Å². The Morgan fingerprint density at radius 2 is 1.90 bits per heavy atom. The van der Waals surface area contributed by atoms with Gasteiger partial charge in [-0.1, -0.05) is 30.3 Å². The Morgan fingerprint density at radius 3 is 2.60 bits per heavy atom. The van der Waals surface area contributed by atoms with Crippen LogP contribution in [-0.4, -0.2) is 35.0 Å². The minimum Gasteiger partial charge on any atom is -0.468 e. The predicted octanol–water partition coefficient (Wildman–Crippen LogP) is 3.48. The second kappa shape index (κ2) is 8.67. The van der Waals surface area contributed by atoms with Crippen molar-refractivity contribution in [2.45, 2.75) is 31.7 Å². The number of carbonyl (C=O) groups is 2. The first-order valence-corrected chi connectivity index (χ1v) is 10.2. The van der Waals surface area contributed by atoms with Gasteiger partial charge in [0.25, 0.3) is 0 Å². The Morgan fingerprint density at radius 1 is 1.17 bits per heavy atom. The topological polar surface area (TPSA) is 110 Å². The molecule has 7 nitrogen and oxygen atoms in total. The fourth-order valence-corrected chi connectivity index (χ4v) is 4.21. The molecule has 3 aromatic rings. The van der Waals surface area contributed by atoms with Crippen LogP contribution in [0.3, 0.4) is 0 Å². The highest BCUT2D eigenvalue weighted by Crippen LogP contribution is 2.33. The van der Waals surface area contributed by atoms with E-state index in [0.717, 1.165) is 40.8 Å². The fourth-order valence-electron chi connectivity index (χ4n) is 4.21. The van der Waals surface area contributed by atoms with Crippen molar-refractivity contribution in [2.75, 3.05) is 12.4 Å². The quantitative estimate of drug-likeness (QED) is 0.562. The van der Waals surface area contributed by atoms with E-state index in [2.05, 4.69) is 15.3 Å². The maximum absolute atomic E-state index is 12.9. The molecule has 1 aromatic carbocycles. The first-order valence-electron chi connectivity index (χ1n) is 10.2. The number of carbonyl (C=O) groups excluding carboxylic acids is 2. The number of methoxy groups -OCH3 is 1. The molecule has 1 amide bonds. The molecule has 1 unspecified atom stereocenters. The van der Waals surface area contributed by atoms with Crippen molar-refractivity contribution >= 4 is 28.6 Å². The summed E-state index contributed by atoms with van der Waals surface area (Å²) in [6, 6.07) is 13.2. The van der Waals surface area contributed by atoms with Crippen LogP contribution >= 0.6 is 0 Å². The van der Waals surface area contributed by atoms with E-state index in [-0.39, 0.29) is 23.7 Å². The molecule has 7 heteroatoms. The number of ether oxygens (including phenoxy) is 1. The van der Waals surface area contributed by atoms with Crippen molar-refractivity contribution in [1.82, 2.24) is 9.97 Å². The van der Waals surface area contributed by atoms with Gasteiger partial charge in [0.05, 0.1) is 12.8 Å². The Balaban J connectivity index is 1.45. The van der Waals surface area contributed by atoms with Crippen LogP contribution in [0.1, 0.15) is 25.7 Å². The summed E-state index contributed by atoms with van der Waals surface area (Å²) in [6.45, 7) is 0. The summed E-state index contributed by atoms with van der Waals surface area (Å²) in [6.07, 6.45) is 4.58. The van der Waals surface area contributed by atoms with Crippen LogP contribution in [0.4, 0.5) is 5.69 Å². The lowest BCUT2D eigenvalue weighted by atomic mass is 9.78. The molecule has 1 fully saturated rings. The summed E-state index contributed by atoms with van der Waals surface area (Å²) in [5.74, 6) is -0.423. The van der Waals surface area contributed by atoms with Crippen molar-refractivity contribution in [3.05, 3.63) is 48.7 Å². The van der Waals surface area contributed by atoms with Gasteiger partial charge in [-0.25, -0.2) is 4.98 Å². The molecule has 4 rings (SSSR count). The highest BCUT2D eigenvalue weighted by molar-refractivity contribution is 6.02. The molecule has 30 heavy (non-hydrogen) atoms. The molecular formula is C23H26N4O3. The van der Waals surface area contributed by atoms with Crippen molar-refractivity contribution in [3.63, 3.8) is 0 Å². The van der Waals surface area contributed by atoms with Crippen LogP contribution in [0.5, 0.6) is 0 Å². The van der Waals surface area contributed by atoms with Crippen molar-refractivity contribution < 1.29 is 14.3 Å². The first kappa shape index (κ1) is 20.1. The Kier molecular flexibility index (Phi) is 5.81. The summed E-state index contributed by atoms with van der Waals surface area (Å²) < 4.78 is 4.74. The fraction of sp³-hybridized carbons (Fsp3) is 0.348. The molecule has 1 atom stereocenters. The van der Waals surface area contributed by atoms with Gasteiger partial charge in [-0.2, -0.15) is 0 Å². The number of hydrogen-bond donors (Lipinski definition) is 3. The second-order valence-corrected chi connectivity index (χ2v) is 7.82. The highest BCUT2D eigenvalue weighted by Gasteiger charge is 2.32. The Bertz CT molecular complexity index is 1040. The number of esters is 1. The van der Waals surface area contributed by atoms with E-state index in [4.69, 9.17) is 10.5 Å². The van der Waals surface area contributed by atoms with Gasteiger partial charge < -0.3 is 20.8 Å². The Hall–Kier alpha value is -3.19. The molecular weight excluding hydrogens is 380 g/mol. The maximum Gasteiger partial charge on any atom is 0.322 e. The lowest BCUT2D eigenvalue weighted by Gasteiger charge is -2.30. The number of pyridine rings is 1. The summed E-state index contributed by atoms with van der Waals surface area (Å²) in [7, 11) is 1.35. The molecule has 1 aliphatic rings. The van der Waals surface area contributed by atoms with Gasteiger partial charge in [0, 0.05) is 23.2 Å². The highest BCUT2D eigenvalue weighted by atomic mass is 16.5. The predicted molar refractivity (Wildman–Crippen MR) is 116 cm³/mol. The number of nitrogens with two attached hydrogens (primary N) is 1. The Labute approximate surface area is 175 Å². The molecule has 4 N–H and O–H groups in total. The van der Waals surface area contributed by atoms with E-state index in [1.807, 2.05) is 42.5 Å². The number of anilines is 1. The number of hydrogen-bond acceptors (Lipinski definition) is 5. The van der Waals surface area contributed by atoms with Gasteiger partial charge in [0.15, 0.2) is 0 Å². The van der Waals surface area contributed by atoms with E-state index in [1.54, 1.807) is 6.20 Å². The molecule has 0 bridgehead atoms. The molecule has 2 heterocycles. The minimum atomic E-state index is -0.616. The molecule has 1 saturated carbocycles. The normalized spacial score (nSPS) is 19.9. The zero-order valence-corrected chi connectivity index (χ0v) is 16.9. The maximum atomic E-state index is 12.9. The number of fused-ring (bicyclic) bond motifs is 1. The number of rotatable bonds is 5.